The van der Waals surface area contributed by atoms with E-state index in [4.69, 9.17) is 9.15 Å². The summed E-state index contributed by atoms with van der Waals surface area (Å²) < 4.78 is 10.0. The highest BCUT2D eigenvalue weighted by molar-refractivity contribution is 6.06. The topological polar surface area (TPSA) is 97.6 Å². The maximum Gasteiger partial charge on any atom is 0.336 e. The minimum Gasteiger partial charge on any atom is -0.423 e. The average molecular weight is 380 g/mol. The van der Waals surface area contributed by atoms with Crippen molar-refractivity contribution in [3.8, 4) is 0 Å². The zero-order valence-electron chi connectivity index (χ0n) is 15.8. The van der Waals surface area contributed by atoms with Crippen LogP contribution in [0.2, 0.25) is 0 Å². The molecule has 0 aliphatic carbocycles. The van der Waals surface area contributed by atoms with Gasteiger partial charge in [-0.1, -0.05) is 6.07 Å². The number of methoxy groups -OCH3 is 1. The van der Waals surface area contributed by atoms with Crippen LogP contribution in [0.4, 0.5) is 11.4 Å². The highest BCUT2D eigenvalue weighted by atomic mass is 16.5. The molecule has 0 aliphatic heterocycles. The van der Waals surface area contributed by atoms with Crippen molar-refractivity contribution in [2.75, 3.05) is 24.4 Å². The van der Waals surface area contributed by atoms with E-state index in [1.165, 1.54) is 13.2 Å². The smallest absolute Gasteiger partial charge is 0.336 e. The minimum atomic E-state index is -0.409. The average Bonchev–Trinajstić information content (AvgIpc) is 2.63. The molecule has 2 N–H and O–H groups in total. The van der Waals surface area contributed by atoms with Gasteiger partial charge < -0.3 is 19.8 Å². The van der Waals surface area contributed by atoms with E-state index in [9.17, 15) is 14.4 Å². The van der Waals surface area contributed by atoms with Crippen LogP contribution in [0.3, 0.4) is 0 Å². The summed E-state index contributed by atoms with van der Waals surface area (Å²) in [5.41, 5.74) is 3.11. The first-order valence-electron chi connectivity index (χ1n) is 8.62. The summed E-state index contributed by atoms with van der Waals surface area (Å²) in [7, 11) is 1.43. The third kappa shape index (κ3) is 4.27. The Hall–Kier alpha value is -3.45. The molecule has 3 rings (SSSR count). The predicted molar refractivity (Wildman–Crippen MR) is 107 cm³/mol. The number of benzene rings is 2. The highest BCUT2D eigenvalue weighted by Crippen LogP contribution is 2.25. The number of fused-ring (bicyclic) bond motifs is 1. The second kappa shape index (κ2) is 8.06. The maximum atomic E-state index is 12.7. The first-order valence-corrected chi connectivity index (χ1v) is 8.62. The van der Waals surface area contributed by atoms with Gasteiger partial charge in [-0.3, -0.25) is 9.59 Å². The van der Waals surface area contributed by atoms with Crippen molar-refractivity contribution in [2.45, 2.75) is 13.8 Å². The van der Waals surface area contributed by atoms with E-state index in [0.29, 0.717) is 22.5 Å². The summed E-state index contributed by atoms with van der Waals surface area (Å²) in [4.78, 5) is 35.9. The number of rotatable bonds is 5. The van der Waals surface area contributed by atoms with Gasteiger partial charge in [0, 0.05) is 35.5 Å². The monoisotopic (exact) mass is 380 g/mol. The van der Waals surface area contributed by atoms with Crippen LogP contribution < -0.4 is 16.3 Å². The van der Waals surface area contributed by atoms with Crippen LogP contribution in [0.15, 0.2) is 51.7 Å². The Morgan fingerprint density at radius 2 is 1.82 bits per heavy atom. The van der Waals surface area contributed by atoms with Crippen molar-refractivity contribution >= 4 is 34.2 Å². The normalized spacial score (nSPS) is 10.7. The van der Waals surface area contributed by atoms with E-state index in [1.54, 1.807) is 36.4 Å². The molecule has 0 spiro atoms. The van der Waals surface area contributed by atoms with Crippen molar-refractivity contribution in [2.24, 2.45) is 0 Å². The molecule has 2 amide bonds. The molecule has 7 nitrogen and oxygen atoms in total. The van der Waals surface area contributed by atoms with Gasteiger partial charge in [0.15, 0.2) is 0 Å². The van der Waals surface area contributed by atoms with Crippen molar-refractivity contribution in [3.05, 3.63) is 69.6 Å². The molecule has 1 aromatic heterocycles. The molecule has 1 heterocycles. The Labute approximate surface area is 161 Å². The van der Waals surface area contributed by atoms with Gasteiger partial charge in [-0.05, 0) is 55.3 Å². The molecule has 0 saturated heterocycles. The maximum absolute atomic E-state index is 12.7. The molecule has 3 aromatic rings. The van der Waals surface area contributed by atoms with Crippen LogP contribution in [-0.4, -0.2) is 25.5 Å². The number of carbonyl (C=O) groups excluding carboxylic acids is 2. The van der Waals surface area contributed by atoms with E-state index >= 15 is 0 Å². The van der Waals surface area contributed by atoms with Gasteiger partial charge in [-0.2, -0.15) is 0 Å². The SMILES string of the molecule is COCC(=O)Nc1cccc(C(=O)Nc2cc3c(C)cc(=O)oc3cc2C)c1. The Morgan fingerprint density at radius 1 is 1.04 bits per heavy atom. The Bertz CT molecular complexity index is 1120. The largest absolute Gasteiger partial charge is 0.423 e. The second-order valence-corrected chi connectivity index (χ2v) is 6.43. The zero-order valence-corrected chi connectivity index (χ0v) is 15.8. The second-order valence-electron chi connectivity index (χ2n) is 6.43. The summed E-state index contributed by atoms with van der Waals surface area (Å²) >= 11 is 0. The number of anilines is 2. The fourth-order valence-electron chi connectivity index (χ4n) is 2.86. The summed E-state index contributed by atoms with van der Waals surface area (Å²) in [6.07, 6.45) is 0. The lowest BCUT2D eigenvalue weighted by molar-refractivity contribution is -0.119. The zero-order chi connectivity index (χ0) is 20.3. The van der Waals surface area contributed by atoms with E-state index in [0.717, 1.165) is 16.5 Å². The molecule has 0 radical (unpaired) electrons. The first kappa shape index (κ1) is 19.3. The van der Waals surface area contributed by atoms with E-state index < -0.39 is 5.63 Å². The number of ether oxygens (including phenoxy) is 1. The van der Waals surface area contributed by atoms with Gasteiger partial charge in [0.2, 0.25) is 5.91 Å². The number of aryl methyl sites for hydroxylation is 2. The molecular weight excluding hydrogens is 360 g/mol. The van der Waals surface area contributed by atoms with Gasteiger partial charge in [0.25, 0.3) is 5.91 Å². The first-order chi connectivity index (χ1) is 13.4. The molecule has 0 fully saturated rings. The summed E-state index contributed by atoms with van der Waals surface area (Å²) in [5, 5.41) is 6.29. The number of hydrogen-bond acceptors (Lipinski definition) is 5. The number of amides is 2. The van der Waals surface area contributed by atoms with Crippen LogP contribution in [-0.2, 0) is 9.53 Å². The van der Waals surface area contributed by atoms with Crippen molar-refractivity contribution in [3.63, 3.8) is 0 Å². The van der Waals surface area contributed by atoms with Gasteiger partial charge in [0.05, 0.1) is 0 Å². The van der Waals surface area contributed by atoms with E-state index in [1.807, 2.05) is 13.8 Å². The summed E-state index contributed by atoms with van der Waals surface area (Å²) in [6.45, 7) is 3.56. The highest BCUT2D eigenvalue weighted by Gasteiger charge is 2.12. The third-order valence-corrected chi connectivity index (χ3v) is 4.23. The lowest BCUT2D eigenvalue weighted by atomic mass is 10.1. The van der Waals surface area contributed by atoms with Crippen LogP contribution in [0.25, 0.3) is 11.0 Å². The Balaban J connectivity index is 1.86. The number of nitrogens with one attached hydrogen (secondary N) is 2. The molecule has 2 aromatic carbocycles. The van der Waals surface area contributed by atoms with Gasteiger partial charge >= 0.3 is 5.63 Å². The van der Waals surface area contributed by atoms with Crippen molar-refractivity contribution < 1.29 is 18.7 Å². The minimum absolute atomic E-state index is 0.0673. The fraction of sp³-hybridized carbons (Fsp3) is 0.190. The molecule has 0 saturated carbocycles. The molecule has 28 heavy (non-hydrogen) atoms. The molecule has 0 bridgehead atoms. The standard InChI is InChI=1S/C21H20N2O5/c1-12-8-20(25)28-18-7-13(2)17(10-16(12)18)23-21(26)14-5-4-6-15(9-14)22-19(24)11-27-3/h4-10H,11H2,1-3H3,(H,22,24)(H,23,26). The van der Waals surface area contributed by atoms with Gasteiger partial charge in [-0.25, -0.2) is 4.79 Å². The summed E-state index contributed by atoms with van der Waals surface area (Å²) in [6, 6.07) is 11.5. The van der Waals surface area contributed by atoms with E-state index in [-0.39, 0.29) is 18.4 Å². The molecular formula is C21H20N2O5. The van der Waals surface area contributed by atoms with Crippen LogP contribution >= 0.6 is 0 Å². The molecule has 144 valence electrons. The van der Waals surface area contributed by atoms with Crippen molar-refractivity contribution in [1.82, 2.24) is 0 Å². The van der Waals surface area contributed by atoms with Gasteiger partial charge in [0.1, 0.15) is 12.2 Å². The molecule has 0 unspecified atom stereocenters. The summed E-state index contributed by atoms with van der Waals surface area (Å²) in [5.74, 6) is -0.622. The van der Waals surface area contributed by atoms with Crippen LogP contribution in [0.1, 0.15) is 21.5 Å². The third-order valence-electron chi connectivity index (χ3n) is 4.23. The Morgan fingerprint density at radius 3 is 2.57 bits per heavy atom. The number of hydrogen-bond donors (Lipinski definition) is 2. The predicted octanol–water partition coefficient (Wildman–Crippen LogP) is 3.25. The molecule has 0 atom stereocenters. The fourth-order valence-corrected chi connectivity index (χ4v) is 2.86. The number of carbonyl (C=O) groups is 2. The van der Waals surface area contributed by atoms with Gasteiger partial charge in [-0.15, -0.1) is 0 Å². The van der Waals surface area contributed by atoms with E-state index in [2.05, 4.69) is 10.6 Å². The quantitative estimate of drug-likeness (QED) is 0.662. The Kier molecular flexibility index (Phi) is 5.56. The van der Waals surface area contributed by atoms with Crippen molar-refractivity contribution in [1.29, 1.82) is 0 Å². The van der Waals surface area contributed by atoms with Crippen LogP contribution in [0.5, 0.6) is 0 Å². The lowest BCUT2D eigenvalue weighted by Crippen LogP contribution is -2.18. The van der Waals surface area contributed by atoms with Crippen LogP contribution in [0, 0.1) is 13.8 Å². The molecule has 7 heteroatoms. The lowest BCUT2D eigenvalue weighted by Gasteiger charge is -2.12. The molecule has 0 aliphatic rings.